The van der Waals surface area contributed by atoms with Crippen LogP contribution >= 0.6 is 22.9 Å². The van der Waals surface area contributed by atoms with E-state index in [0.717, 1.165) is 23.5 Å². The molecule has 0 radical (unpaired) electrons. The number of carbonyl (C=O) groups is 1. The number of Topliss-reactive ketones (excluding diaryl/α,β-unsaturated/α-hetero) is 1. The van der Waals surface area contributed by atoms with Crippen LogP contribution in [0.1, 0.15) is 35.2 Å². The molecule has 5 rings (SSSR count). The van der Waals surface area contributed by atoms with Crippen LogP contribution in [0.5, 0.6) is 0 Å². The fraction of sp³-hybridized carbons (Fsp3) is 0.174. The first kappa shape index (κ1) is 18.4. The Labute approximate surface area is 177 Å². The number of fused-ring (bicyclic) bond motifs is 1. The van der Waals surface area contributed by atoms with Gasteiger partial charge in [0.1, 0.15) is 5.82 Å². The summed E-state index contributed by atoms with van der Waals surface area (Å²) >= 11 is 7.57. The minimum absolute atomic E-state index is 0.0721. The van der Waals surface area contributed by atoms with Crippen molar-refractivity contribution in [2.24, 2.45) is 0 Å². The quantitative estimate of drug-likeness (QED) is 0.492. The van der Waals surface area contributed by atoms with Crippen molar-refractivity contribution in [3.63, 3.8) is 0 Å². The van der Waals surface area contributed by atoms with E-state index in [1.165, 1.54) is 10.9 Å². The number of hydrogen-bond acceptors (Lipinski definition) is 4. The summed E-state index contributed by atoms with van der Waals surface area (Å²) in [5.41, 5.74) is 4.05. The number of para-hydroxylation sites is 2. The van der Waals surface area contributed by atoms with Crippen LogP contribution in [0.3, 0.4) is 0 Å². The molecule has 1 aromatic heterocycles. The molecule has 0 bridgehead atoms. The second-order valence-corrected chi connectivity index (χ2v) is 8.74. The lowest BCUT2D eigenvalue weighted by atomic mass is 9.81. The van der Waals surface area contributed by atoms with Gasteiger partial charge in [-0.25, -0.2) is 4.39 Å². The number of hydrogen-bond donors (Lipinski definition) is 2. The number of ketones is 1. The van der Waals surface area contributed by atoms with Gasteiger partial charge in [-0.3, -0.25) is 4.79 Å². The largest absolute Gasteiger partial charge is 0.372 e. The maximum atomic E-state index is 14.2. The first-order valence-corrected chi connectivity index (χ1v) is 10.7. The maximum absolute atomic E-state index is 14.2. The Morgan fingerprint density at radius 2 is 1.86 bits per heavy atom. The summed E-state index contributed by atoms with van der Waals surface area (Å²) in [5, 5.41) is 9.06. The number of allylic oxidation sites excluding steroid dienone is 1. The third-order valence-corrected chi connectivity index (χ3v) is 6.87. The lowest BCUT2D eigenvalue weighted by Gasteiger charge is -2.29. The summed E-state index contributed by atoms with van der Waals surface area (Å²) < 4.78 is 14.2. The Morgan fingerprint density at radius 1 is 1.03 bits per heavy atom. The highest BCUT2D eigenvalue weighted by atomic mass is 35.5. The molecule has 146 valence electrons. The number of thiophene rings is 1. The normalized spacial score (nSPS) is 21.0. The highest BCUT2D eigenvalue weighted by Gasteiger charge is 2.36. The monoisotopic (exact) mass is 424 g/mol. The van der Waals surface area contributed by atoms with Gasteiger partial charge in [-0.05, 0) is 47.7 Å². The minimum Gasteiger partial charge on any atom is -0.372 e. The van der Waals surface area contributed by atoms with Gasteiger partial charge in [-0.1, -0.05) is 35.9 Å². The van der Waals surface area contributed by atoms with Gasteiger partial charge < -0.3 is 10.6 Å². The molecular formula is C23H18ClFN2OS. The van der Waals surface area contributed by atoms with Crippen LogP contribution in [-0.2, 0) is 4.79 Å². The summed E-state index contributed by atoms with van der Waals surface area (Å²) in [6.45, 7) is 0. The molecule has 3 aromatic rings. The van der Waals surface area contributed by atoms with Crippen LogP contribution in [0.25, 0.3) is 0 Å². The molecular weight excluding hydrogens is 407 g/mol. The van der Waals surface area contributed by atoms with Crippen LogP contribution < -0.4 is 10.6 Å². The van der Waals surface area contributed by atoms with E-state index in [1.54, 1.807) is 23.5 Å². The van der Waals surface area contributed by atoms with Crippen molar-refractivity contribution in [2.45, 2.75) is 24.8 Å². The third kappa shape index (κ3) is 3.34. The molecule has 3 nitrogen and oxygen atoms in total. The fourth-order valence-corrected chi connectivity index (χ4v) is 5.11. The van der Waals surface area contributed by atoms with Gasteiger partial charge in [-0.15, -0.1) is 11.3 Å². The number of halogens is 2. The van der Waals surface area contributed by atoms with Crippen molar-refractivity contribution in [1.29, 1.82) is 0 Å². The third-order valence-electron chi connectivity index (χ3n) is 5.53. The van der Waals surface area contributed by atoms with Gasteiger partial charge in [0, 0.05) is 28.5 Å². The summed E-state index contributed by atoms with van der Waals surface area (Å²) in [7, 11) is 0. The highest BCUT2D eigenvalue weighted by Crippen LogP contribution is 2.45. The lowest BCUT2D eigenvalue weighted by Crippen LogP contribution is -2.26. The SMILES string of the molecule is O=C1C[C@@H](c2cccs2)CC2=C1[C@H](c1ccc(Cl)c(F)c1)Nc1ccccc1N2. The topological polar surface area (TPSA) is 41.1 Å². The van der Waals surface area contributed by atoms with Crippen LogP contribution in [0.4, 0.5) is 15.8 Å². The number of rotatable bonds is 2. The predicted octanol–water partition coefficient (Wildman–Crippen LogP) is 6.52. The van der Waals surface area contributed by atoms with Crippen molar-refractivity contribution in [2.75, 3.05) is 10.6 Å². The predicted molar refractivity (Wildman–Crippen MR) is 116 cm³/mol. The zero-order chi connectivity index (χ0) is 20.0. The summed E-state index contributed by atoms with van der Waals surface area (Å²) in [6.07, 6.45) is 1.19. The van der Waals surface area contributed by atoms with Crippen LogP contribution in [0.15, 0.2) is 71.2 Å². The zero-order valence-electron chi connectivity index (χ0n) is 15.4. The number of carbonyl (C=O) groups excluding carboxylic acids is 1. The van der Waals surface area contributed by atoms with E-state index in [1.807, 2.05) is 35.7 Å². The van der Waals surface area contributed by atoms with E-state index in [9.17, 15) is 9.18 Å². The number of nitrogens with one attached hydrogen (secondary N) is 2. The Hall–Kier alpha value is -2.63. The van der Waals surface area contributed by atoms with Gasteiger partial charge in [-0.2, -0.15) is 0 Å². The van der Waals surface area contributed by atoms with Crippen molar-refractivity contribution in [1.82, 2.24) is 0 Å². The number of benzene rings is 2. The Morgan fingerprint density at radius 3 is 2.62 bits per heavy atom. The van der Waals surface area contributed by atoms with E-state index in [0.29, 0.717) is 17.6 Å². The van der Waals surface area contributed by atoms with E-state index in [2.05, 4.69) is 16.7 Å². The summed E-state index contributed by atoms with van der Waals surface area (Å²) in [4.78, 5) is 14.5. The maximum Gasteiger partial charge on any atom is 0.163 e. The van der Waals surface area contributed by atoms with Crippen LogP contribution in [0, 0.1) is 5.82 Å². The van der Waals surface area contributed by atoms with Gasteiger partial charge in [0.15, 0.2) is 5.78 Å². The molecule has 1 aliphatic carbocycles. The smallest absolute Gasteiger partial charge is 0.163 e. The van der Waals surface area contributed by atoms with Crippen molar-refractivity contribution in [3.05, 3.63) is 92.5 Å². The van der Waals surface area contributed by atoms with Crippen LogP contribution in [0.2, 0.25) is 5.02 Å². The Balaban J connectivity index is 1.64. The van der Waals surface area contributed by atoms with Crippen LogP contribution in [-0.4, -0.2) is 5.78 Å². The van der Waals surface area contributed by atoms with E-state index < -0.39 is 11.9 Å². The fourth-order valence-electron chi connectivity index (χ4n) is 4.16. The van der Waals surface area contributed by atoms with Gasteiger partial charge in [0.2, 0.25) is 0 Å². The van der Waals surface area contributed by atoms with E-state index in [-0.39, 0.29) is 16.7 Å². The summed E-state index contributed by atoms with van der Waals surface area (Å²) in [6, 6.07) is 16.2. The zero-order valence-corrected chi connectivity index (χ0v) is 17.0. The van der Waals surface area contributed by atoms with Gasteiger partial charge in [0.05, 0.1) is 22.4 Å². The molecule has 0 unspecified atom stereocenters. The van der Waals surface area contributed by atoms with E-state index >= 15 is 0 Å². The Bertz CT molecular complexity index is 1130. The summed E-state index contributed by atoms with van der Waals surface area (Å²) in [5.74, 6) is -0.252. The molecule has 0 saturated heterocycles. The molecule has 2 heterocycles. The average Bonchev–Trinajstić information content (AvgIpc) is 3.19. The first-order chi connectivity index (χ1) is 14.1. The molecule has 2 aliphatic rings. The molecule has 2 aromatic carbocycles. The molecule has 2 atom stereocenters. The second kappa shape index (κ2) is 7.32. The minimum atomic E-state index is -0.488. The highest BCUT2D eigenvalue weighted by molar-refractivity contribution is 7.10. The molecule has 1 aliphatic heterocycles. The molecule has 6 heteroatoms. The lowest BCUT2D eigenvalue weighted by molar-refractivity contribution is -0.116. The molecule has 0 fully saturated rings. The molecule has 29 heavy (non-hydrogen) atoms. The molecule has 0 spiro atoms. The van der Waals surface area contributed by atoms with Crippen molar-refractivity contribution >= 4 is 40.1 Å². The first-order valence-electron chi connectivity index (χ1n) is 9.47. The van der Waals surface area contributed by atoms with E-state index in [4.69, 9.17) is 11.6 Å². The average molecular weight is 425 g/mol. The van der Waals surface area contributed by atoms with Gasteiger partial charge >= 0.3 is 0 Å². The molecule has 2 N–H and O–H groups in total. The Kier molecular flexibility index (Phi) is 4.64. The standard InChI is InChI=1S/C23H18ClFN2OS/c24-15-8-7-13(10-16(15)25)23-22-19(26-17-4-1-2-5-18(17)27-23)11-14(12-20(22)28)21-6-3-9-29-21/h1-10,14,23,26-27H,11-12H2/t14-,23-/m0/s1. The number of anilines is 2. The van der Waals surface area contributed by atoms with Crippen molar-refractivity contribution in [3.8, 4) is 0 Å². The second-order valence-electron chi connectivity index (χ2n) is 7.36. The molecule has 0 saturated carbocycles. The molecule has 0 amide bonds. The van der Waals surface area contributed by atoms with Gasteiger partial charge in [0.25, 0.3) is 0 Å². The van der Waals surface area contributed by atoms with Crippen molar-refractivity contribution < 1.29 is 9.18 Å².